The van der Waals surface area contributed by atoms with Crippen LogP contribution in [0.25, 0.3) is 0 Å². The molecule has 15 heteroatoms. The number of hydrogen-bond acceptors (Lipinski definition) is 6. The average Bonchev–Trinajstić information content (AvgIpc) is 2.91. The van der Waals surface area contributed by atoms with E-state index in [1.54, 1.807) is 4.90 Å². The number of benzene rings is 1. The van der Waals surface area contributed by atoms with Crippen molar-refractivity contribution in [2.75, 3.05) is 24.6 Å². The number of primary amides is 1. The van der Waals surface area contributed by atoms with E-state index in [0.717, 1.165) is 44.2 Å². The minimum atomic E-state index is -5.08. The number of nitrogens with two attached hydrogens (primary N) is 1. The summed E-state index contributed by atoms with van der Waals surface area (Å²) >= 11 is 0.881. The maximum atomic E-state index is 13.3. The number of alkyl halides is 6. The highest BCUT2D eigenvalue weighted by Crippen LogP contribution is 2.25. The van der Waals surface area contributed by atoms with E-state index in [1.165, 1.54) is 5.56 Å². The molecule has 0 bridgehead atoms. The molecule has 0 aromatic heterocycles. The van der Waals surface area contributed by atoms with Crippen molar-refractivity contribution < 1.29 is 50.6 Å². The van der Waals surface area contributed by atoms with Crippen molar-refractivity contribution in [2.45, 2.75) is 83.4 Å². The Morgan fingerprint density at radius 3 is 2.02 bits per heavy atom. The van der Waals surface area contributed by atoms with Gasteiger partial charge in [-0.3, -0.25) is 19.3 Å². The second kappa shape index (κ2) is 18.1. The number of amides is 2. The molecular formula is C28H39F6N3O5S. The van der Waals surface area contributed by atoms with Gasteiger partial charge in [-0.1, -0.05) is 44.2 Å². The molecule has 1 saturated heterocycles. The summed E-state index contributed by atoms with van der Waals surface area (Å²) in [5, 5.41) is 7.12. The molecule has 1 aromatic rings. The topological polar surface area (TPSA) is 121 Å². The maximum Gasteiger partial charge on any atom is 0.490 e. The summed E-state index contributed by atoms with van der Waals surface area (Å²) in [6, 6.07) is 9.22. The molecule has 2 amide bonds. The Morgan fingerprint density at radius 1 is 1.00 bits per heavy atom. The number of piperidine rings is 1. The molecule has 0 saturated carbocycles. The molecule has 1 fully saturated rings. The predicted octanol–water partition coefficient (Wildman–Crippen LogP) is 5.05. The lowest BCUT2D eigenvalue weighted by atomic mass is 9.97. The number of ketones is 1. The summed E-state index contributed by atoms with van der Waals surface area (Å²) in [5.74, 6) is -5.28. The normalized spacial score (nSPS) is 15.4. The Balaban J connectivity index is 0.00000117. The molecule has 0 unspecified atom stereocenters. The van der Waals surface area contributed by atoms with Crippen LogP contribution in [0.4, 0.5) is 26.3 Å². The molecule has 0 radical (unpaired) electrons. The molecule has 43 heavy (non-hydrogen) atoms. The van der Waals surface area contributed by atoms with Gasteiger partial charge in [-0.15, -0.1) is 0 Å². The number of rotatable bonds is 14. The zero-order valence-electron chi connectivity index (χ0n) is 24.1. The van der Waals surface area contributed by atoms with Gasteiger partial charge in [-0.2, -0.15) is 38.1 Å². The highest BCUT2D eigenvalue weighted by molar-refractivity contribution is 7.99. The molecule has 2 rings (SSSR count). The minimum Gasteiger partial charge on any atom is -0.475 e. The Bertz CT molecular complexity index is 1030. The van der Waals surface area contributed by atoms with Crippen LogP contribution in [0.3, 0.4) is 0 Å². The van der Waals surface area contributed by atoms with Crippen LogP contribution in [0.2, 0.25) is 0 Å². The molecule has 3 N–H and O–H groups in total. The first-order valence-corrected chi connectivity index (χ1v) is 14.9. The lowest BCUT2D eigenvalue weighted by Gasteiger charge is -2.42. The summed E-state index contributed by atoms with van der Waals surface area (Å²) < 4.78 is 68.9. The number of aliphatic carboxylic acids is 1. The van der Waals surface area contributed by atoms with Crippen LogP contribution in [0.1, 0.15) is 57.9 Å². The number of likely N-dealkylation sites (tertiary alicyclic amines) is 1. The van der Waals surface area contributed by atoms with Crippen molar-refractivity contribution in [1.82, 2.24) is 9.80 Å². The van der Waals surface area contributed by atoms with Gasteiger partial charge in [0.25, 0.3) is 0 Å². The molecule has 1 atom stereocenters. The number of carboxylic acids is 1. The zero-order valence-corrected chi connectivity index (χ0v) is 24.9. The Kier molecular flexibility index (Phi) is 16.1. The summed E-state index contributed by atoms with van der Waals surface area (Å²) in [6.45, 7) is 6.46. The number of carbonyl (C=O) groups is 4. The average molecular weight is 644 g/mol. The van der Waals surface area contributed by atoms with Crippen LogP contribution < -0.4 is 5.73 Å². The fourth-order valence-electron chi connectivity index (χ4n) is 4.41. The van der Waals surface area contributed by atoms with Gasteiger partial charge in [0, 0.05) is 32.1 Å². The minimum absolute atomic E-state index is 0.103. The number of carboxylic acid groups (broad SMARTS) is 1. The first kappa shape index (κ1) is 38.2. The van der Waals surface area contributed by atoms with Crippen LogP contribution in [-0.4, -0.2) is 87.5 Å². The third-order valence-electron chi connectivity index (χ3n) is 6.65. The molecular weight excluding hydrogens is 604 g/mol. The molecule has 1 aromatic carbocycles. The second-order valence-corrected chi connectivity index (χ2v) is 11.7. The summed E-state index contributed by atoms with van der Waals surface area (Å²) in [6.07, 6.45) is -6.82. The third-order valence-corrected chi connectivity index (χ3v) is 7.69. The lowest BCUT2D eigenvalue weighted by molar-refractivity contribution is -0.192. The maximum absolute atomic E-state index is 13.3. The standard InChI is InChI=1S/C26H38F3N3O3S.C2HF3O2/c1-19(2)10-11-24(34)32(21-12-14-31(15-13-21)17-20-7-4-3-5-8-20)22(25(30)35)9-6-16-36-18-23(33)26(27,28)29;3-2(4,5)1(6)7/h3-5,7-8,19,21-22H,6,9-18H2,1-2H3,(H2,30,35);(H,6,7)/t22-;/m0./s1. The predicted molar refractivity (Wildman–Crippen MR) is 150 cm³/mol. The fraction of sp³-hybridized carbons (Fsp3) is 0.643. The molecule has 1 aliphatic heterocycles. The smallest absolute Gasteiger partial charge is 0.475 e. The van der Waals surface area contributed by atoms with Crippen LogP contribution in [0.15, 0.2) is 30.3 Å². The van der Waals surface area contributed by atoms with Crippen LogP contribution in [0.5, 0.6) is 0 Å². The second-order valence-electron chi connectivity index (χ2n) is 10.6. The van der Waals surface area contributed by atoms with Gasteiger partial charge >= 0.3 is 18.3 Å². The SMILES string of the molecule is CC(C)CCC(=O)N(C1CCN(Cc2ccccc2)CC1)[C@@H](CCCSCC(=O)C(F)(F)F)C(N)=O.O=C(O)C(F)(F)F. The summed E-state index contributed by atoms with van der Waals surface area (Å²) in [5.41, 5.74) is 6.95. The number of Topliss-reactive ketones (excluding diaryl/α,β-unsaturated/α-hetero) is 1. The van der Waals surface area contributed by atoms with E-state index in [9.17, 15) is 40.7 Å². The van der Waals surface area contributed by atoms with Gasteiger partial charge in [-0.05, 0) is 49.3 Å². The van der Waals surface area contributed by atoms with Crippen molar-refractivity contribution in [3.8, 4) is 0 Å². The molecule has 1 heterocycles. The van der Waals surface area contributed by atoms with E-state index in [0.29, 0.717) is 25.2 Å². The van der Waals surface area contributed by atoms with Gasteiger partial charge < -0.3 is 15.7 Å². The van der Waals surface area contributed by atoms with E-state index in [2.05, 4.69) is 17.0 Å². The molecule has 8 nitrogen and oxygen atoms in total. The number of nitrogens with zero attached hydrogens (tertiary/aromatic N) is 2. The zero-order chi connectivity index (χ0) is 32.8. The Hall–Kier alpha value is -2.81. The van der Waals surface area contributed by atoms with Crippen molar-refractivity contribution in [3.63, 3.8) is 0 Å². The number of carbonyl (C=O) groups excluding carboxylic acids is 3. The fourth-order valence-corrected chi connectivity index (χ4v) is 5.28. The molecule has 1 aliphatic rings. The van der Waals surface area contributed by atoms with Gasteiger partial charge in [0.2, 0.25) is 17.6 Å². The van der Waals surface area contributed by atoms with E-state index in [1.807, 2.05) is 32.0 Å². The first-order chi connectivity index (χ1) is 19.9. The van der Waals surface area contributed by atoms with Crippen molar-refractivity contribution in [1.29, 1.82) is 0 Å². The highest BCUT2D eigenvalue weighted by Gasteiger charge is 2.39. The van der Waals surface area contributed by atoms with Gasteiger partial charge in [0.15, 0.2) is 0 Å². The van der Waals surface area contributed by atoms with Crippen molar-refractivity contribution >= 4 is 35.3 Å². The first-order valence-electron chi connectivity index (χ1n) is 13.8. The van der Waals surface area contributed by atoms with Crippen LogP contribution >= 0.6 is 11.8 Å². The van der Waals surface area contributed by atoms with Crippen LogP contribution in [-0.2, 0) is 25.7 Å². The van der Waals surface area contributed by atoms with E-state index >= 15 is 0 Å². The largest absolute Gasteiger partial charge is 0.490 e. The monoisotopic (exact) mass is 643 g/mol. The molecule has 0 spiro atoms. The van der Waals surface area contributed by atoms with Crippen molar-refractivity contribution in [3.05, 3.63) is 35.9 Å². The summed E-state index contributed by atoms with van der Waals surface area (Å²) in [4.78, 5) is 49.7. The van der Waals surface area contributed by atoms with Crippen LogP contribution in [0, 0.1) is 5.92 Å². The summed E-state index contributed by atoms with van der Waals surface area (Å²) in [7, 11) is 0. The van der Waals surface area contributed by atoms with Gasteiger partial charge in [0.1, 0.15) is 6.04 Å². The van der Waals surface area contributed by atoms with E-state index in [4.69, 9.17) is 15.6 Å². The van der Waals surface area contributed by atoms with Crippen molar-refractivity contribution in [2.24, 2.45) is 11.7 Å². The Labute approximate surface area is 251 Å². The van der Waals surface area contributed by atoms with Gasteiger partial charge in [0.05, 0.1) is 5.75 Å². The number of thioether (sulfide) groups is 1. The number of halogens is 6. The quantitative estimate of drug-likeness (QED) is 0.215. The Morgan fingerprint density at radius 2 is 1.56 bits per heavy atom. The van der Waals surface area contributed by atoms with Gasteiger partial charge in [-0.25, -0.2) is 4.79 Å². The van der Waals surface area contributed by atoms with E-state index < -0.39 is 41.8 Å². The molecule has 0 aliphatic carbocycles. The van der Waals surface area contributed by atoms with E-state index in [-0.39, 0.29) is 24.1 Å². The highest BCUT2D eigenvalue weighted by atomic mass is 32.2. The molecule has 244 valence electrons. The lowest BCUT2D eigenvalue weighted by Crippen LogP contribution is -2.55. The number of hydrogen-bond donors (Lipinski definition) is 2. The third kappa shape index (κ3) is 15.0.